The SMILES string of the molecule is c1ccc(-c2ccccc2-c2ccccc2-c2ccc(N(c3ccc(-c4ccc5oc6ccccc6c5c4)cc3)c3ccc(-c4ccc5oc6c(-c7ccccc7)cccc6c5c4)cc3)cc2)cc1. The average molecular weight is 882 g/mol. The number of fused-ring (bicyclic) bond motifs is 6. The Balaban J connectivity index is 0.876. The predicted molar refractivity (Wildman–Crippen MR) is 288 cm³/mol. The van der Waals surface area contributed by atoms with E-state index in [4.69, 9.17) is 8.83 Å². The third-order valence-corrected chi connectivity index (χ3v) is 13.5. The molecule has 69 heavy (non-hydrogen) atoms. The van der Waals surface area contributed by atoms with E-state index in [9.17, 15) is 0 Å². The molecule has 0 saturated heterocycles. The molecular weight excluding hydrogens is 839 g/mol. The van der Waals surface area contributed by atoms with E-state index < -0.39 is 0 Å². The third-order valence-electron chi connectivity index (χ3n) is 13.5. The number of hydrogen-bond acceptors (Lipinski definition) is 3. The maximum Gasteiger partial charge on any atom is 0.143 e. The summed E-state index contributed by atoms with van der Waals surface area (Å²) in [6, 6.07) is 93.1. The van der Waals surface area contributed by atoms with Gasteiger partial charge in [0.15, 0.2) is 0 Å². The van der Waals surface area contributed by atoms with Gasteiger partial charge in [-0.3, -0.25) is 0 Å². The number of nitrogens with zero attached hydrogens (tertiary/aromatic N) is 1. The third kappa shape index (κ3) is 7.25. The molecule has 2 aromatic heterocycles. The normalized spacial score (nSPS) is 11.5. The van der Waals surface area contributed by atoms with Gasteiger partial charge in [0.05, 0.1) is 0 Å². The largest absolute Gasteiger partial charge is 0.456 e. The van der Waals surface area contributed by atoms with E-state index in [0.29, 0.717) is 0 Å². The Labute approximate surface area is 400 Å². The summed E-state index contributed by atoms with van der Waals surface area (Å²) in [4.78, 5) is 2.35. The van der Waals surface area contributed by atoms with E-state index >= 15 is 0 Å². The van der Waals surface area contributed by atoms with E-state index in [-0.39, 0.29) is 0 Å². The first-order valence-electron chi connectivity index (χ1n) is 23.5. The Morgan fingerprint density at radius 3 is 1.16 bits per heavy atom. The van der Waals surface area contributed by atoms with Crippen LogP contribution in [0.4, 0.5) is 17.1 Å². The van der Waals surface area contributed by atoms with Gasteiger partial charge in [-0.1, -0.05) is 194 Å². The van der Waals surface area contributed by atoms with Crippen LogP contribution in [0.3, 0.4) is 0 Å². The number of para-hydroxylation sites is 2. The van der Waals surface area contributed by atoms with Crippen molar-refractivity contribution in [1.29, 1.82) is 0 Å². The summed E-state index contributed by atoms with van der Waals surface area (Å²) in [5.41, 5.74) is 20.8. The van der Waals surface area contributed by atoms with Crippen molar-refractivity contribution in [3.05, 3.63) is 261 Å². The van der Waals surface area contributed by atoms with Gasteiger partial charge in [0.1, 0.15) is 22.3 Å². The second-order valence-electron chi connectivity index (χ2n) is 17.6. The molecule has 3 heteroatoms. The summed E-state index contributed by atoms with van der Waals surface area (Å²) in [6.45, 7) is 0. The van der Waals surface area contributed by atoms with E-state index in [1.54, 1.807) is 0 Å². The zero-order valence-electron chi connectivity index (χ0n) is 37.6. The molecule has 0 aliphatic carbocycles. The summed E-state index contributed by atoms with van der Waals surface area (Å²) in [6.07, 6.45) is 0. The highest BCUT2D eigenvalue weighted by Crippen LogP contribution is 2.43. The van der Waals surface area contributed by atoms with Crippen LogP contribution in [-0.2, 0) is 0 Å². The fourth-order valence-electron chi connectivity index (χ4n) is 10.1. The second-order valence-corrected chi connectivity index (χ2v) is 17.6. The van der Waals surface area contributed by atoms with Crippen LogP contribution in [0.2, 0.25) is 0 Å². The number of furan rings is 2. The van der Waals surface area contributed by atoms with Crippen LogP contribution in [0.25, 0.3) is 111 Å². The molecule has 11 aromatic carbocycles. The molecule has 0 amide bonds. The highest BCUT2D eigenvalue weighted by Gasteiger charge is 2.18. The molecule has 2 heterocycles. The highest BCUT2D eigenvalue weighted by atomic mass is 16.3. The zero-order valence-corrected chi connectivity index (χ0v) is 37.6. The lowest BCUT2D eigenvalue weighted by molar-refractivity contribution is 0.669. The Bertz CT molecular complexity index is 3980. The van der Waals surface area contributed by atoms with E-state index in [1.165, 1.54) is 27.8 Å². The van der Waals surface area contributed by atoms with Crippen molar-refractivity contribution in [3.63, 3.8) is 0 Å². The van der Waals surface area contributed by atoms with Crippen molar-refractivity contribution < 1.29 is 8.83 Å². The quantitative estimate of drug-likeness (QED) is 0.145. The molecule has 3 nitrogen and oxygen atoms in total. The lowest BCUT2D eigenvalue weighted by atomic mass is 9.89. The number of hydrogen-bond donors (Lipinski definition) is 0. The Morgan fingerprint density at radius 1 is 0.217 bits per heavy atom. The smallest absolute Gasteiger partial charge is 0.143 e. The molecule has 0 fully saturated rings. The minimum atomic E-state index is 0.882. The molecule has 13 aromatic rings. The van der Waals surface area contributed by atoms with Gasteiger partial charge >= 0.3 is 0 Å². The van der Waals surface area contributed by atoms with Gasteiger partial charge in [-0.2, -0.15) is 0 Å². The molecule has 0 radical (unpaired) electrons. The number of anilines is 3. The minimum Gasteiger partial charge on any atom is -0.456 e. The maximum absolute atomic E-state index is 6.52. The van der Waals surface area contributed by atoms with Crippen molar-refractivity contribution in [2.75, 3.05) is 4.90 Å². The first-order valence-corrected chi connectivity index (χ1v) is 23.5. The summed E-state index contributed by atoms with van der Waals surface area (Å²) >= 11 is 0. The van der Waals surface area contributed by atoms with Crippen molar-refractivity contribution in [2.45, 2.75) is 0 Å². The van der Waals surface area contributed by atoms with Gasteiger partial charge in [0, 0.05) is 44.2 Å². The maximum atomic E-state index is 6.52. The second kappa shape index (κ2) is 16.9. The first-order chi connectivity index (χ1) is 34.2. The Hall–Kier alpha value is -9.18. The van der Waals surface area contributed by atoms with Gasteiger partial charge < -0.3 is 13.7 Å². The van der Waals surface area contributed by atoms with Crippen LogP contribution < -0.4 is 4.90 Å². The molecule has 0 unspecified atom stereocenters. The Kier molecular flexibility index (Phi) is 9.84. The lowest BCUT2D eigenvalue weighted by Gasteiger charge is -2.26. The molecule has 0 saturated carbocycles. The summed E-state index contributed by atoms with van der Waals surface area (Å²) in [7, 11) is 0. The molecule has 13 rings (SSSR count). The van der Waals surface area contributed by atoms with Gasteiger partial charge in [0.25, 0.3) is 0 Å². The van der Waals surface area contributed by atoms with Gasteiger partial charge in [-0.15, -0.1) is 0 Å². The topological polar surface area (TPSA) is 29.5 Å². The molecule has 0 bridgehead atoms. The van der Waals surface area contributed by atoms with Crippen LogP contribution in [0.5, 0.6) is 0 Å². The summed E-state index contributed by atoms with van der Waals surface area (Å²) in [5.74, 6) is 0. The van der Waals surface area contributed by atoms with E-state index in [0.717, 1.165) is 99.9 Å². The fraction of sp³-hybridized carbons (Fsp3) is 0. The van der Waals surface area contributed by atoms with E-state index in [2.05, 4.69) is 248 Å². The van der Waals surface area contributed by atoms with Crippen LogP contribution >= 0.6 is 0 Å². The monoisotopic (exact) mass is 881 g/mol. The van der Waals surface area contributed by atoms with Crippen molar-refractivity contribution >= 4 is 60.9 Å². The summed E-state index contributed by atoms with van der Waals surface area (Å²) < 4.78 is 12.7. The molecule has 0 spiro atoms. The average Bonchev–Trinajstić information content (AvgIpc) is 4.00. The Morgan fingerprint density at radius 2 is 0.594 bits per heavy atom. The standard InChI is InChI=1S/C66H43NO2/c1-3-14-46(15-4-1)54-18-7-9-20-57(54)58-21-10-8-19-55(58)48-30-38-53(39-31-48)67(51-34-26-44(27-35-51)49-32-40-64-61(42-49)59-22-11-12-25-63(59)68-64)52-36-28-45(29-37-52)50-33-41-65-62(43-50)60-24-13-23-56(66(60)69-65)47-16-5-2-6-17-47/h1-43H. The van der Waals surface area contributed by atoms with Crippen molar-refractivity contribution in [1.82, 2.24) is 0 Å². The van der Waals surface area contributed by atoms with Crippen LogP contribution in [0.15, 0.2) is 270 Å². The van der Waals surface area contributed by atoms with E-state index in [1.807, 2.05) is 18.2 Å². The zero-order chi connectivity index (χ0) is 45.7. The molecule has 0 atom stereocenters. The lowest BCUT2D eigenvalue weighted by Crippen LogP contribution is -2.09. The molecular formula is C66H43NO2. The van der Waals surface area contributed by atoms with Gasteiger partial charge in [-0.25, -0.2) is 0 Å². The van der Waals surface area contributed by atoms with Crippen molar-refractivity contribution in [2.24, 2.45) is 0 Å². The van der Waals surface area contributed by atoms with Crippen molar-refractivity contribution in [3.8, 4) is 66.8 Å². The molecule has 324 valence electrons. The molecule has 0 aliphatic rings. The van der Waals surface area contributed by atoms with Crippen LogP contribution in [-0.4, -0.2) is 0 Å². The number of rotatable bonds is 9. The molecule has 0 aliphatic heterocycles. The fourth-order valence-corrected chi connectivity index (χ4v) is 10.1. The molecule has 0 N–H and O–H groups in total. The predicted octanol–water partition coefficient (Wildman–Crippen LogP) is 19.0. The summed E-state index contributed by atoms with van der Waals surface area (Å²) in [5, 5.41) is 4.47. The van der Waals surface area contributed by atoms with Gasteiger partial charge in [-0.05, 0) is 128 Å². The first kappa shape index (κ1) is 40.1. The van der Waals surface area contributed by atoms with Crippen LogP contribution in [0.1, 0.15) is 0 Å². The number of benzene rings is 11. The highest BCUT2D eigenvalue weighted by molar-refractivity contribution is 6.11. The minimum absolute atomic E-state index is 0.882. The van der Waals surface area contributed by atoms with Crippen LogP contribution in [0, 0.1) is 0 Å². The van der Waals surface area contributed by atoms with Gasteiger partial charge in [0.2, 0.25) is 0 Å².